The maximum Gasteiger partial charge on any atom is 0.0674 e. The average Bonchev–Trinajstić information content (AvgIpc) is 2.29. The first kappa shape index (κ1) is 11.0. The van der Waals surface area contributed by atoms with E-state index in [1.54, 1.807) is 6.20 Å². The summed E-state index contributed by atoms with van der Waals surface area (Å²) >= 11 is 3.44. The van der Waals surface area contributed by atoms with Gasteiger partial charge in [-0.15, -0.1) is 0 Å². The Kier molecular flexibility index (Phi) is 3.70. The van der Waals surface area contributed by atoms with Gasteiger partial charge in [0.05, 0.1) is 11.9 Å². The van der Waals surface area contributed by atoms with Crippen LogP contribution in [0.15, 0.2) is 16.7 Å². The van der Waals surface area contributed by atoms with E-state index in [1.807, 2.05) is 0 Å². The molecule has 0 amide bonds. The van der Waals surface area contributed by atoms with Gasteiger partial charge in [0.25, 0.3) is 0 Å². The molecule has 4 heteroatoms. The first-order chi connectivity index (χ1) is 7.29. The minimum Gasteiger partial charge on any atom is -0.304 e. The van der Waals surface area contributed by atoms with Gasteiger partial charge in [-0.3, -0.25) is 0 Å². The first-order valence-corrected chi connectivity index (χ1v) is 6.29. The maximum atomic E-state index is 4.22. The molecule has 1 fully saturated rings. The quantitative estimate of drug-likeness (QED) is 0.826. The lowest BCUT2D eigenvalue weighted by Crippen LogP contribution is -2.32. The second-order valence-electron chi connectivity index (χ2n) is 4.01. The second kappa shape index (κ2) is 5.03. The Morgan fingerprint density at radius 1 is 1.47 bits per heavy atom. The highest BCUT2D eigenvalue weighted by atomic mass is 79.9. The molecule has 0 unspecified atom stereocenters. The van der Waals surface area contributed by atoms with Crippen LogP contribution in [-0.2, 0) is 0 Å². The molecule has 0 saturated carbocycles. The molecule has 15 heavy (non-hydrogen) atoms. The molecule has 1 aliphatic rings. The largest absolute Gasteiger partial charge is 0.304 e. The number of likely N-dealkylation sites (tertiary alicyclic amines) is 1. The van der Waals surface area contributed by atoms with Gasteiger partial charge in [0.15, 0.2) is 0 Å². The summed E-state index contributed by atoms with van der Waals surface area (Å²) in [5.41, 5.74) is 1.14. The summed E-state index contributed by atoms with van der Waals surface area (Å²) in [7, 11) is 0. The van der Waals surface area contributed by atoms with Crippen molar-refractivity contribution in [3.63, 3.8) is 0 Å². The van der Waals surface area contributed by atoms with Crippen LogP contribution in [0.3, 0.4) is 0 Å². The van der Waals surface area contributed by atoms with Gasteiger partial charge in [-0.2, -0.15) is 10.2 Å². The molecule has 0 aliphatic carbocycles. The minimum absolute atomic E-state index is 0.595. The fourth-order valence-corrected chi connectivity index (χ4v) is 2.43. The van der Waals surface area contributed by atoms with Crippen LogP contribution in [-0.4, -0.2) is 34.7 Å². The third-order valence-corrected chi connectivity index (χ3v) is 3.53. The molecule has 0 atom stereocenters. The summed E-state index contributed by atoms with van der Waals surface area (Å²) < 4.78 is 1.03. The van der Waals surface area contributed by atoms with E-state index in [9.17, 15) is 0 Å². The van der Waals surface area contributed by atoms with Gasteiger partial charge in [-0.05, 0) is 54.5 Å². The van der Waals surface area contributed by atoms with Crippen LogP contribution in [0, 0.1) is 0 Å². The van der Waals surface area contributed by atoms with E-state index in [4.69, 9.17) is 0 Å². The Labute approximate surface area is 99.0 Å². The lowest BCUT2D eigenvalue weighted by atomic mass is 9.93. The van der Waals surface area contributed by atoms with E-state index < -0.39 is 0 Å². The summed E-state index contributed by atoms with van der Waals surface area (Å²) in [5.74, 6) is 0.595. The van der Waals surface area contributed by atoms with Crippen LogP contribution < -0.4 is 0 Å². The molecular weight excluding hydrogens is 254 g/mol. The van der Waals surface area contributed by atoms with E-state index in [0.717, 1.165) is 16.7 Å². The van der Waals surface area contributed by atoms with Crippen LogP contribution in [0.2, 0.25) is 0 Å². The fourth-order valence-electron chi connectivity index (χ4n) is 2.10. The summed E-state index contributed by atoms with van der Waals surface area (Å²) in [6.45, 7) is 5.76. The highest BCUT2D eigenvalue weighted by molar-refractivity contribution is 9.10. The lowest BCUT2D eigenvalue weighted by molar-refractivity contribution is 0.220. The highest BCUT2D eigenvalue weighted by Gasteiger charge is 2.20. The predicted octanol–water partition coefficient (Wildman–Crippen LogP) is 2.44. The number of hydrogen-bond acceptors (Lipinski definition) is 3. The van der Waals surface area contributed by atoms with Gasteiger partial charge in [0.1, 0.15) is 0 Å². The van der Waals surface area contributed by atoms with Crippen molar-refractivity contribution in [1.82, 2.24) is 15.1 Å². The Morgan fingerprint density at radius 2 is 2.20 bits per heavy atom. The van der Waals surface area contributed by atoms with E-state index in [1.165, 1.54) is 25.9 Å². The number of piperidine rings is 1. The molecule has 0 radical (unpaired) electrons. The Balaban J connectivity index is 2.01. The van der Waals surface area contributed by atoms with Gasteiger partial charge >= 0.3 is 0 Å². The lowest BCUT2D eigenvalue weighted by Gasteiger charge is -2.30. The van der Waals surface area contributed by atoms with Crippen molar-refractivity contribution in [2.45, 2.75) is 25.7 Å². The standard InChI is InChI=1S/C11H16BrN3/c1-2-15-5-3-9(4-6-15)11-7-10(12)8-13-14-11/h7-9H,2-6H2,1H3. The summed E-state index contributed by atoms with van der Waals surface area (Å²) in [6.07, 6.45) is 4.16. The molecule has 0 aromatic carbocycles. The molecule has 0 spiro atoms. The predicted molar refractivity (Wildman–Crippen MR) is 63.8 cm³/mol. The molecule has 2 heterocycles. The molecule has 1 aliphatic heterocycles. The Bertz CT molecular complexity index is 321. The van der Waals surface area contributed by atoms with Gasteiger partial charge in [0, 0.05) is 10.4 Å². The third kappa shape index (κ3) is 2.75. The van der Waals surface area contributed by atoms with E-state index in [2.05, 4.69) is 44.0 Å². The van der Waals surface area contributed by atoms with Crippen molar-refractivity contribution < 1.29 is 0 Å². The van der Waals surface area contributed by atoms with E-state index in [0.29, 0.717) is 5.92 Å². The third-order valence-electron chi connectivity index (χ3n) is 3.09. The van der Waals surface area contributed by atoms with Gasteiger partial charge in [-0.25, -0.2) is 0 Å². The molecule has 82 valence electrons. The zero-order valence-corrected chi connectivity index (χ0v) is 10.6. The molecule has 1 aromatic heterocycles. The summed E-state index contributed by atoms with van der Waals surface area (Å²) in [6, 6.07) is 2.10. The highest BCUT2D eigenvalue weighted by Crippen LogP contribution is 2.27. The zero-order valence-electron chi connectivity index (χ0n) is 8.99. The molecule has 0 bridgehead atoms. The smallest absolute Gasteiger partial charge is 0.0674 e. The number of aromatic nitrogens is 2. The van der Waals surface area contributed by atoms with Crippen molar-refractivity contribution in [3.05, 3.63) is 22.4 Å². The van der Waals surface area contributed by atoms with Gasteiger partial charge in [0.2, 0.25) is 0 Å². The Morgan fingerprint density at radius 3 is 2.80 bits per heavy atom. The SMILES string of the molecule is CCN1CCC(c2cc(Br)cnn2)CC1. The molecule has 1 saturated heterocycles. The monoisotopic (exact) mass is 269 g/mol. The van der Waals surface area contributed by atoms with Crippen LogP contribution in [0.1, 0.15) is 31.4 Å². The molecule has 2 rings (SSSR count). The van der Waals surface area contributed by atoms with Crippen molar-refractivity contribution in [2.24, 2.45) is 0 Å². The average molecular weight is 270 g/mol. The normalized spacial score (nSPS) is 19.3. The van der Waals surface area contributed by atoms with Crippen molar-refractivity contribution in [2.75, 3.05) is 19.6 Å². The molecular formula is C11H16BrN3. The van der Waals surface area contributed by atoms with Crippen molar-refractivity contribution in [1.29, 1.82) is 0 Å². The molecule has 1 aromatic rings. The first-order valence-electron chi connectivity index (χ1n) is 5.50. The van der Waals surface area contributed by atoms with Crippen molar-refractivity contribution in [3.8, 4) is 0 Å². The van der Waals surface area contributed by atoms with Crippen LogP contribution in [0.4, 0.5) is 0 Å². The molecule has 3 nitrogen and oxygen atoms in total. The van der Waals surface area contributed by atoms with Crippen LogP contribution >= 0.6 is 15.9 Å². The number of halogens is 1. The summed E-state index contributed by atoms with van der Waals surface area (Å²) in [5, 5.41) is 8.20. The second-order valence-corrected chi connectivity index (χ2v) is 4.92. The zero-order chi connectivity index (χ0) is 10.7. The minimum atomic E-state index is 0.595. The van der Waals surface area contributed by atoms with Gasteiger partial charge < -0.3 is 4.90 Å². The number of nitrogens with zero attached hydrogens (tertiary/aromatic N) is 3. The number of rotatable bonds is 2. The number of hydrogen-bond donors (Lipinski definition) is 0. The van der Waals surface area contributed by atoms with E-state index >= 15 is 0 Å². The topological polar surface area (TPSA) is 29.0 Å². The van der Waals surface area contributed by atoms with E-state index in [-0.39, 0.29) is 0 Å². The van der Waals surface area contributed by atoms with Gasteiger partial charge in [-0.1, -0.05) is 6.92 Å². The maximum absolute atomic E-state index is 4.22. The van der Waals surface area contributed by atoms with Crippen LogP contribution in [0.5, 0.6) is 0 Å². The fraction of sp³-hybridized carbons (Fsp3) is 0.636. The van der Waals surface area contributed by atoms with Crippen molar-refractivity contribution >= 4 is 15.9 Å². The Hall–Kier alpha value is -0.480. The molecule has 0 N–H and O–H groups in total. The van der Waals surface area contributed by atoms with Crippen LogP contribution in [0.25, 0.3) is 0 Å². The summed E-state index contributed by atoms with van der Waals surface area (Å²) in [4.78, 5) is 2.49.